The Labute approximate surface area is 207 Å². The number of aryl methyl sites for hydroxylation is 1. The van der Waals surface area contributed by atoms with Crippen LogP contribution in [0, 0.1) is 0 Å². The van der Waals surface area contributed by atoms with Gasteiger partial charge in [0.15, 0.2) is 5.96 Å². The van der Waals surface area contributed by atoms with E-state index in [1.165, 1.54) is 22.3 Å². The van der Waals surface area contributed by atoms with E-state index in [4.69, 9.17) is 4.74 Å². The predicted octanol–water partition coefficient (Wildman–Crippen LogP) is 4.32. The molecule has 170 valence electrons. The second-order valence-corrected chi connectivity index (χ2v) is 8.03. The number of aliphatic imine (C=N–C) groups is 1. The fourth-order valence-corrected chi connectivity index (χ4v) is 4.11. The number of aromatic nitrogens is 2. The van der Waals surface area contributed by atoms with E-state index in [-0.39, 0.29) is 24.0 Å². The minimum atomic E-state index is 0. The molecule has 1 saturated heterocycles. The lowest BCUT2D eigenvalue weighted by atomic mass is 10.0. The molecular weight excluding hydrogens is 513 g/mol. The highest BCUT2D eigenvalue weighted by atomic mass is 127. The largest absolute Gasteiger partial charge is 0.372 e. The van der Waals surface area contributed by atoms with E-state index in [9.17, 15) is 0 Å². The van der Waals surface area contributed by atoms with E-state index in [0.29, 0.717) is 19.1 Å². The van der Waals surface area contributed by atoms with Crippen LogP contribution >= 0.6 is 24.0 Å². The van der Waals surface area contributed by atoms with Gasteiger partial charge in [-0.25, -0.2) is 0 Å². The monoisotopic (exact) mass is 545 g/mol. The number of hydrogen-bond acceptors (Lipinski definition) is 3. The summed E-state index contributed by atoms with van der Waals surface area (Å²) in [4.78, 5) is 6.87. The molecule has 0 spiro atoms. The smallest absolute Gasteiger partial charge is 0.193 e. The SMILES string of the molecule is CN=C(NCc1ccccc1COCc1ccccc1)N1CCC(c2cnn(C)c2)C1.I. The normalized spacial score (nSPS) is 16.1. The first-order chi connectivity index (χ1) is 15.2. The van der Waals surface area contributed by atoms with Gasteiger partial charge < -0.3 is 15.0 Å². The summed E-state index contributed by atoms with van der Waals surface area (Å²) < 4.78 is 7.84. The lowest BCUT2D eigenvalue weighted by molar-refractivity contribution is 0.106. The molecule has 1 aromatic heterocycles. The highest BCUT2D eigenvalue weighted by Gasteiger charge is 2.26. The van der Waals surface area contributed by atoms with Crippen molar-refractivity contribution in [2.45, 2.75) is 32.1 Å². The van der Waals surface area contributed by atoms with Crippen LogP contribution in [0.2, 0.25) is 0 Å². The molecule has 4 rings (SSSR count). The lowest BCUT2D eigenvalue weighted by Gasteiger charge is -2.22. The molecule has 3 aromatic rings. The first kappa shape index (κ1) is 24.3. The van der Waals surface area contributed by atoms with Crippen molar-refractivity contribution in [3.05, 3.63) is 89.2 Å². The van der Waals surface area contributed by atoms with Crippen molar-refractivity contribution in [2.24, 2.45) is 12.0 Å². The molecule has 0 bridgehead atoms. The van der Waals surface area contributed by atoms with Crippen molar-refractivity contribution < 1.29 is 4.74 Å². The molecule has 0 radical (unpaired) electrons. The summed E-state index contributed by atoms with van der Waals surface area (Å²) >= 11 is 0. The summed E-state index contributed by atoms with van der Waals surface area (Å²) in [5, 5.41) is 7.87. The average Bonchev–Trinajstić information content (AvgIpc) is 3.45. The maximum Gasteiger partial charge on any atom is 0.193 e. The number of hydrogen-bond donors (Lipinski definition) is 1. The van der Waals surface area contributed by atoms with Crippen LogP contribution in [0.5, 0.6) is 0 Å². The third kappa shape index (κ3) is 6.32. The minimum absolute atomic E-state index is 0. The molecule has 1 fully saturated rings. The Morgan fingerprint density at radius 2 is 1.84 bits per heavy atom. The molecule has 0 aliphatic carbocycles. The van der Waals surface area contributed by atoms with Crippen LogP contribution in [0.4, 0.5) is 0 Å². The van der Waals surface area contributed by atoms with Gasteiger partial charge in [-0.15, -0.1) is 24.0 Å². The van der Waals surface area contributed by atoms with Gasteiger partial charge in [0.2, 0.25) is 0 Å². The highest BCUT2D eigenvalue weighted by Crippen LogP contribution is 2.26. The molecule has 7 heteroatoms. The standard InChI is InChI=1S/C25H31N5O.HI/c1-26-25(30-13-12-22(17-30)24-15-28-29(2)16-24)27-14-21-10-6-7-11-23(21)19-31-18-20-8-4-3-5-9-20;/h3-11,15-16,22H,12-14,17-19H2,1-2H3,(H,26,27);1H. The van der Waals surface area contributed by atoms with Gasteiger partial charge in [0, 0.05) is 45.8 Å². The van der Waals surface area contributed by atoms with E-state index in [2.05, 4.69) is 62.9 Å². The van der Waals surface area contributed by atoms with Crippen LogP contribution in [-0.4, -0.2) is 40.8 Å². The Morgan fingerprint density at radius 1 is 1.09 bits per heavy atom. The first-order valence-corrected chi connectivity index (χ1v) is 10.9. The van der Waals surface area contributed by atoms with Gasteiger partial charge in [-0.3, -0.25) is 9.67 Å². The van der Waals surface area contributed by atoms with Gasteiger partial charge in [-0.2, -0.15) is 5.10 Å². The highest BCUT2D eigenvalue weighted by molar-refractivity contribution is 14.0. The number of benzene rings is 2. The van der Waals surface area contributed by atoms with E-state index < -0.39 is 0 Å². The molecular formula is C25H32IN5O. The molecule has 1 aliphatic rings. The molecule has 1 aliphatic heterocycles. The number of guanidine groups is 1. The van der Waals surface area contributed by atoms with Crippen molar-refractivity contribution in [1.29, 1.82) is 0 Å². The van der Waals surface area contributed by atoms with E-state index in [0.717, 1.165) is 32.0 Å². The van der Waals surface area contributed by atoms with E-state index in [1.54, 1.807) is 0 Å². The maximum absolute atomic E-state index is 5.97. The summed E-state index contributed by atoms with van der Waals surface area (Å²) in [5.41, 5.74) is 4.94. The van der Waals surface area contributed by atoms with Crippen LogP contribution in [-0.2, 0) is 31.5 Å². The fourth-order valence-electron chi connectivity index (χ4n) is 4.11. The minimum Gasteiger partial charge on any atom is -0.372 e. The van der Waals surface area contributed by atoms with Crippen molar-refractivity contribution >= 4 is 29.9 Å². The number of nitrogens with zero attached hydrogens (tertiary/aromatic N) is 4. The predicted molar refractivity (Wildman–Crippen MR) is 139 cm³/mol. The third-order valence-corrected chi connectivity index (χ3v) is 5.82. The van der Waals surface area contributed by atoms with Gasteiger partial charge in [-0.1, -0.05) is 54.6 Å². The van der Waals surface area contributed by atoms with Crippen LogP contribution in [0.3, 0.4) is 0 Å². The summed E-state index contributed by atoms with van der Waals surface area (Å²) in [7, 11) is 3.83. The molecule has 1 unspecified atom stereocenters. The van der Waals surface area contributed by atoms with Gasteiger partial charge in [0.1, 0.15) is 0 Å². The van der Waals surface area contributed by atoms with Gasteiger partial charge in [-0.05, 0) is 28.7 Å². The molecule has 0 saturated carbocycles. The summed E-state index contributed by atoms with van der Waals surface area (Å²) in [6, 6.07) is 18.7. The van der Waals surface area contributed by atoms with E-state index >= 15 is 0 Å². The maximum atomic E-state index is 5.97. The van der Waals surface area contributed by atoms with Crippen molar-refractivity contribution in [1.82, 2.24) is 20.0 Å². The Kier molecular flexibility index (Phi) is 9.11. The van der Waals surface area contributed by atoms with Crippen LogP contribution in [0.15, 0.2) is 72.0 Å². The summed E-state index contributed by atoms with van der Waals surface area (Å²) in [6.45, 7) is 3.91. The zero-order valence-corrected chi connectivity index (χ0v) is 21.1. The number of ether oxygens (including phenoxy) is 1. The molecule has 6 nitrogen and oxygen atoms in total. The zero-order valence-electron chi connectivity index (χ0n) is 18.8. The van der Waals surface area contributed by atoms with Gasteiger partial charge in [0.05, 0.1) is 19.4 Å². The number of nitrogens with one attached hydrogen (secondary N) is 1. The van der Waals surface area contributed by atoms with E-state index in [1.807, 2.05) is 43.2 Å². The number of likely N-dealkylation sites (tertiary alicyclic amines) is 1. The average molecular weight is 545 g/mol. The van der Waals surface area contributed by atoms with Crippen LogP contribution in [0.25, 0.3) is 0 Å². The first-order valence-electron chi connectivity index (χ1n) is 10.9. The molecule has 1 N–H and O–H groups in total. The van der Waals surface area contributed by atoms with Crippen LogP contribution < -0.4 is 5.32 Å². The molecule has 2 aromatic carbocycles. The molecule has 1 atom stereocenters. The second kappa shape index (κ2) is 12.0. The summed E-state index contributed by atoms with van der Waals surface area (Å²) in [6.07, 6.45) is 5.22. The van der Waals surface area contributed by atoms with Crippen LogP contribution in [0.1, 0.15) is 34.6 Å². The Morgan fingerprint density at radius 3 is 2.56 bits per heavy atom. The number of halogens is 1. The van der Waals surface area contributed by atoms with Crippen molar-refractivity contribution in [3.63, 3.8) is 0 Å². The summed E-state index contributed by atoms with van der Waals surface area (Å²) in [5.74, 6) is 1.46. The van der Waals surface area contributed by atoms with Crippen molar-refractivity contribution in [3.8, 4) is 0 Å². The fraction of sp³-hybridized carbons (Fsp3) is 0.360. The lowest BCUT2D eigenvalue weighted by Crippen LogP contribution is -2.39. The molecule has 32 heavy (non-hydrogen) atoms. The van der Waals surface area contributed by atoms with Gasteiger partial charge >= 0.3 is 0 Å². The topological polar surface area (TPSA) is 54.7 Å². The third-order valence-electron chi connectivity index (χ3n) is 5.82. The second-order valence-electron chi connectivity index (χ2n) is 8.03. The molecule has 2 heterocycles. The van der Waals surface area contributed by atoms with Crippen molar-refractivity contribution in [2.75, 3.05) is 20.1 Å². The molecule has 0 amide bonds. The Balaban J connectivity index is 0.00000289. The zero-order chi connectivity index (χ0) is 21.5. The number of rotatable bonds is 7. The Hall–Kier alpha value is -2.39. The van der Waals surface area contributed by atoms with Gasteiger partial charge in [0.25, 0.3) is 0 Å². The Bertz CT molecular complexity index is 1000. The quantitative estimate of drug-likeness (QED) is 0.273.